The highest BCUT2D eigenvalue weighted by Crippen LogP contribution is 2.48. The van der Waals surface area contributed by atoms with E-state index in [1.165, 1.54) is 48.9 Å². The molecular formula is C66H53N3S. The van der Waals surface area contributed by atoms with Crippen molar-refractivity contribution in [2.24, 2.45) is 0 Å². The van der Waals surface area contributed by atoms with Gasteiger partial charge in [-0.15, -0.1) is 11.3 Å². The molecule has 3 heterocycles. The molecule has 4 heteroatoms. The van der Waals surface area contributed by atoms with Gasteiger partial charge in [0.25, 0.3) is 0 Å². The smallest absolute Gasteiger partial charge is 0.160 e. The molecule has 3 aromatic heterocycles. The van der Waals surface area contributed by atoms with Crippen molar-refractivity contribution in [1.29, 1.82) is 0 Å². The van der Waals surface area contributed by atoms with Crippen LogP contribution in [0.2, 0.25) is 0 Å². The predicted molar refractivity (Wildman–Crippen MR) is 299 cm³/mol. The number of nitrogens with zero attached hydrogens (tertiary/aromatic N) is 3. The van der Waals surface area contributed by atoms with Gasteiger partial charge < -0.3 is 4.57 Å². The van der Waals surface area contributed by atoms with Gasteiger partial charge in [-0.3, -0.25) is 0 Å². The van der Waals surface area contributed by atoms with E-state index >= 15 is 0 Å². The molecule has 12 rings (SSSR count). The Bertz CT molecular complexity index is 3730. The summed E-state index contributed by atoms with van der Waals surface area (Å²) >= 11 is 1.77. The SMILES string of the molecule is CC(C)(C)c1ccc(-c2cc(-c3nc(-c4ccccc4)nc4c3sc3ccccc34)cc(-c3ccc(C(C)(C)C)cc3)c2-n2c3ccc(-c4ccccc4)cc3c3cc(-c4ccccc4)ccc32)cc1. The van der Waals surface area contributed by atoms with Crippen LogP contribution in [-0.4, -0.2) is 14.5 Å². The van der Waals surface area contributed by atoms with E-state index in [1.807, 2.05) is 0 Å². The van der Waals surface area contributed by atoms with Crippen molar-refractivity contribution in [2.75, 3.05) is 0 Å². The molecule has 0 N–H and O–H groups in total. The van der Waals surface area contributed by atoms with Crippen LogP contribution in [0.25, 0.3) is 115 Å². The lowest BCUT2D eigenvalue weighted by Crippen LogP contribution is -2.10. The molecule has 0 fully saturated rings. The highest BCUT2D eigenvalue weighted by molar-refractivity contribution is 7.26. The first-order valence-corrected chi connectivity index (χ1v) is 25.1. The van der Waals surface area contributed by atoms with Gasteiger partial charge in [-0.1, -0.05) is 211 Å². The zero-order chi connectivity index (χ0) is 47.7. The molecule has 0 amide bonds. The summed E-state index contributed by atoms with van der Waals surface area (Å²) in [5.74, 6) is 0.716. The van der Waals surface area contributed by atoms with Crippen molar-refractivity contribution < 1.29 is 0 Å². The van der Waals surface area contributed by atoms with Crippen molar-refractivity contribution >= 4 is 53.4 Å². The Labute approximate surface area is 414 Å². The summed E-state index contributed by atoms with van der Waals surface area (Å²) in [6.07, 6.45) is 0. The van der Waals surface area contributed by atoms with Crippen LogP contribution in [0.15, 0.2) is 212 Å². The molecule has 338 valence electrons. The second-order valence-electron chi connectivity index (χ2n) is 20.6. The quantitative estimate of drug-likeness (QED) is 0.159. The molecule has 0 spiro atoms. The highest BCUT2D eigenvalue weighted by atomic mass is 32.1. The number of fused-ring (bicyclic) bond motifs is 6. The minimum Gasteiger partial charge on any atom is -0.308 e. The highest BCUT2D eigenvalue weighted by Gasteiger charge is 2.26. The third kappa shape index (κ3) is 7.70. The van der Waals surface area contributed by atoms with Crippen molar-refractivity contribution in [3.63, 3.8) is 0 Å². The summed E-state index contributed by atoms with van der Waals surface area (Å²) in [6.45, 7) is 13.7. The largest absolute Gasteiger partial charge is 0.308 e. The number of thiophene rings is 1. The number of rotatable bonds is 7. The van der Waals surface area contributed by atoms with Crippen LogP contribution < -0.4 is 0 Å². The summed E-state index contributed by atoms with van der Waals surface area (Å²) in [5.41, 5.74) is 19.2. The Kier molecular flexibility index (Phi) is 10.5. The fourth-order valence-corrected chi connectivity index (χ4v) is 11.3. The molecule has 0 aliphatic heterocycles. The number of hydrogen-bond donors (Lipinski definition) is 0. The molecular weight excluding hydrogens is 867 g/mol. The first kappa shape index (κ1) is 43.4. The van der Waals surface area contributed by atoms with E-state index < -0.39 is 0 Å². The van der Waals surface area contributed by atoms with E-state index in [0.717, 1.165) is 71.4 Å². The van der Waals surface area contributed by atoms with Gasteiger partial charge >= 0.3 is 0 Å². The van der Waals surface area contributed by atoms with Gasteiger partial charge in [-0.25, -0.2) is 9.97 Å². The lowest BCUT2D eigenvalue weighted by atomic mass is 9.84. The van der Waals surface area contributed by atoms with E-state index in [1.54, 1.807) is 11.3 Å². The fraction of sp³-hybridized carbons (Fsp3) is 0.121. The van der Waals surface area contributed by atoms with Crippen LogP contribution in [0.5, 0.6) is 0 Å². The van der Waals surface area contributed by atoms with Gasteiger partial charge in [0, 0.05) is 43.1 Å². The van der Waals surface area contributed by atoms with E-state index in [2.05, 4.69) is 258 Å². The Morgan fingerprint density at radius 3 is 1.30 bits per heavy atom. The second kappa shape index (κ2) is 16.9. The third-order valence-electron chi connectivity index (χ3n) is 14.0. The van der Waals surface area contributed by atoms with Gasteiger partial charge in [0.05, 0.1) is 32.6 Å². The molecule has 0 unspecified atom stereocenters. The topological polar surface area (TPSA) is 30.7 Å². The van der Waals surface area contributed by atoms with E-state index in [4.69, 9.17) is 9.97 Å². The molecule has 0 atom stereocenters. The normalized spacial score (nSPS) is 12.1. The summed E-state index contributed by atoms with van der Waals surface area (Å²) in [6, 6.07) is 78.0. The number of aromatic nitrogens is 3. The molecule has 0 aliphatic rings. The predicted octanol–water partition coefficient (Wildman–Crippen LogP) is 18.5. The van der Waals surface area contributed by atoms with Crippen LogP contribution >= 0.6 is 11.3 Å². The maximum Gasteiger partial charge on any atom is 0.160 e. The Balaban J connectivity index is 1.23. The van der Waals surface area contributed by atoms with Gasteiger partial charge in [0.15, 0.2) is 5.82 Å². The minimum absolute atomic E-state index is 0.00942. The Hall–Kier alpha value is -7.92. The van der Waals surface area contributed by atoms with Crippen molar-refractivity contribution in [2.45, 2.75) is 52.4 Å². The van der Waals surface area contributed by atoms with Gasteiger partial charge in [-0.2, -0.15) is 0 Å². The summed E-state index contributed by atoms with van der Waals surface area (Å²) in [5, 5.41) is 3.55. The molecule has 3 nitrogen and oxygen atoms in total. The van der Waals surface area contributed by atoms with Gasteiger partial charge in [0.2, 0.25) is 0 Å². The van der Waals surface area contributed by atoms with Crippen LogP contribution in [0.3, 0.4) is 0 Å². The van der Waals surface area contributed by atoms with E-state index in [9.17, 15) is 0 Å². The summed E-state index contributed by atoms with van der Waals surface area (Å²) in [4.78, 5) is 10.9. The van der Waals surface area contributed by atoms with Crippen molar-refractivity contribution in [3.8, 4) is 72.8 Å². The van der Waals surface area contributed by atoms with Gasteiger partial charge in [-0.05, 0) is 97.8 Å². The molecule has 0 bridgehead atoms. The van der Waals surface area contributed by atoms with Crippen LogP contribution in [0, 0.1) is 0 Å². The first-order chi connectivity index (χ1) is 34.0. The standard InChI is InChI=1S/C66H53N3S/c1-65(2,3)50-32-26-44(27-33-50)53-40-49(60-63-61(52-24-16-17-25-59(52)70-63)68-64(67-60)46-22-14-9-15-23-46)41-54(45-28-34-51(35-29-45)66(4,5)6)62(53)69-57-36-30-47(42-18-10-7-11-19-42)38-55(57)56-39-48(31-37-58(56)69)43-20-12-8-13-21-43/h7-41H,1-6H3. The zero-order valence-corrected chi connectivity index (χ0v) is 41.3. The molecule has 0 aliphatic carbocycles. The molecule has 0 saturated carbocycles. The molecule has 0 saturated heterocycles. The fourth-order valence-electron chi connectivity index (χ4n) is 10.1. The second-order valence-corrected chi connectivity index (χ2v) is 21.7. The molecule has 12 aromatic rings. The van der Waals surface area contributed by atoms with E-state index in [0.29, 0.717) is 5.82 Å². The minimum atomic E-state index is -0.00942. The third-order valence-corrected chi connectivity index (χ3v) is 15.1. The van der Waals surface area contributed by atoms with E-state index in [-0.39, 0.29) is 10.8 Å². The lowest BCUT2D eigenvalue weighted by Gasteiger charge is -2.23. The van der Waals surface area contributed by atoms with Crippen molar-refractivity contribution in [1.82, 2.24) is 14.5 Å². The Morgan fingerprint density at radius 2 is 0.814 bits per heavy atom. The zero-order valence-electron chi connectivity index (χ0n) is 40.5. The maximum atomic E-state index is 5.56. The summed E-state index contributed by atoms with van der Waals surface area (Å²) in [7, 11) is 0. The van der Waals surface area contributed by atoms with Crippen LogP contribution in [0.4, 0.5) is 0 Å². The molecule has 0 radical (unpaired) electrons. The first-order valence-electron chi connectivity index (χ1n) is 24.3. The van der Waals surface area contributed by atoms with Gasteiger partial charge in [0.1, 0.15) is 0 Å². The average molecular weight is 920 g/mol. The number of benzene rings is 9. The monoisotopic (exact) mass is 919 g/mol. The average Bonchev–Trinajstić information content (AvgIpc) is 3.93. The lowest BCUT2D eigenvalue weighted by molar-refractivity contribution is 0.590. The van der Waals surface area contributed by atoms with Crippen LogP contribution in [-0.2, 0) is 10.8 Å². The summed E-state index contributed by atoms with van der Waals surface area (Å²) < 4.78 is 4.82. The molecule has 70 heavy (non-hydrogen) atoms. The van der Waals surface area contributed by atoms with Crippen molar-refractivity contribution in [3.05, 3.63) is 223 Å². The Morgan fingerprint density at radius 1 is 0.371 bits per heavy atom. The van der Waals surface area contributed by atoms with Crippen LogP contribution in [0.1, 0.15) is 52.7 Å². The maximum absolute atomic E-state index is 5.56. The molecule has 9 aromatic carbocycles. The number of hydrogen-bond acceptors (Lipinski definition) is 3.